The highest BCUT2D eigenvalue weighted by molar-refractivity contribution is 5.98. The Balaban J connectivity index is 1.67. The van der Waals surface area contributed by atoms with Crippen molar-refractivity contribution in [3.63, 3.8) is 0 Å². The summed E-state index contributed by atoms with van der Waals surface area (Å²) < 4.78 is 11.2. The number of ketones is 1. The van der Waals surface area contributed by atoms with E-state index < -0.39 is 0 Å². The van der Waals surface area contributed by atoms with Crippen LogP contribution < -0.4 is 4.74 Å². The minimum absolute atomic E-state index is 0.181. The highest BCUT2D eigenvalue weighted by atomic mass is 16.5. The molecule has 20 heavy (non-hydrogen) atoms. The number of benzene rings is 1. The van der Waals surface area contributed by atoms with E-state index in [2.05, 4.69) is 18.7 Å². The summed E-state index contributed by atoms with van der Waals surface area (Å²) in [5, 5.41) is 0. The molecule has 1 aromatic rings. The minimum Gasteiger partial charge on any atom is -0.493 e. The second-order valence-corrected chi connectivity index (χ2v) is 5.80. The van der Waals surface area contributed by atoms with E-state index in [1.807, 2.05) is 18.2 Å². The molecule has 2 atom stereocenters. The molecule has 0 amide bonds. The topological polar surface area (TPSA) is 38.8 Å². The zero-order chi connectivity index (χ0) is 14.1. The van der Waals surface area contributed by atoms with E-state index in [1.54, 1.807) is 0 Å². The van der Waals surface area contributed by atoms with Crippen LogP contribution in [-0.4, -0.2) is 49.1 Å². The van der Waals surface area contributed by atoms with Crippen molar-refractivity contribution in [3.8, 4) is 5.75 Å². The van der Waals surface area contributed by atoms with Crippen molar-refractivity contribution in [1.29, 1.82) is 0 Å². The molecule has 4 nitrogen and oxygen atoms in total. The number of ether oxygens (including phenoxy) is 2. The van der Waals surface area contributed by atoms with Crippen molar-refractivity contribution in [1.82, 2.24) is 4.90 Å². The first-order chi connectivity index (χ1) is 9.61. The van der Waals surface area contributed by atoms with Gasteiger partial charge in [-0.2, -0.15) is 0 Å². The van der Waals surface area contributed by atoms with Crippen LogP contribution in [0.5, 0.6) is 5.75 Å². The maximum atomic E-state index is 12.4. The average molecular weight is 275 g/mol. The molecule has 1 aromatic carbocycles. The molecule has 2 unspecified atom stereocenters. The summed E-state index contributed by atoms with van der Waals surface area (Å²) in [4.78, 5) is 14.6. The molecule has 2 aliphatic heterocycles. The van der Waals surface area contributed by atoms with Gasteiger partial charge in [-0.1, -0.05) is 0 Å². The first-order valence-corrected chi connectivity index (χ1v) is 7.28. The number of hydrogen-bond donors (Lipinski definition) is 0. The molecule has 4 heteroatoms. The minimum atomic E-state index is 0.181. The lowest BCUT2D eigenvalue weighted by molar-refractivity contribution is -0.0652. The molecule has 1 saturated heterocycles. The van der Waals surface area contributed by atoms with Crippen LogP contribution in [-0.2, 0) is 11.2 Å². The highest BCUT2D eigenvalue weighted by Crippen LogP contribution is 2.26. The molecule has 0 aromatic heterocycles. The third-order valence-corrected chi connectivity index (χ3v) is 3.87. The van der Waals surface area contributed by atoms with E-state index in [9.17, 15) is 4.79 Å². The Morgan fingerprint density at radius 1 is 1.30 bits per heavy atom. The highest BCUT2D eigenvalue weighted by Gasteiger charge is 2.24. The van der Waals surface area contributed by atoms with Crippen LogP contribution in [0, 0.1) is 0 Å². The van der Waals surface area contributed by atoms with Gasteiger partial charge < -0.3 is 9.47 Å². The molecule has 0 bridgehead atoms. The normalized spacial score (nSPS) is 26.1. The number of carbonyl (C=O) groups excluding carboxylic acids is 1. The quantitative estimate of drug-likeness (QED) is 0.790. The van der Waals surface area contributed by atoms with Crippen molar-refractivity contribution in [2.75, 3.05) is 26.2 Å². The Morgan fingerprint density at radius 2 is 2.05 bits per heavy atom. The molecule has 2 aliphatic rings. The van der Waals surface area contributed by atoms with Gasteiger partial charge in [-0.3, -0.25) is 9.69 Å². The van der Waals surface area contributed by atoms with Gasteiger partial charge in [0.1, 0.15) is 5.75 Å². The van der Waals surface area contributed by atoms with Crippen LogP contribution in [0.25, 0.3) is 0 Å². The van der Waals surface area contributed by atoms with Gasteiger partial charge in [-0.15, -0.1) is 0 Å². The summed E-state index contributed by atoms with van der Waals surface area (Å²) in [6.45, 7) is 6.96. The van der Waals surface area contributed by atoms with Gasteiger partial charge in [0, 0.05) is 25.1 Å². The summed E-state index contributed by atoms with van der Waals surface area (Å²) >= 11 is 0. The average Bonchev–Trinajstić information content (AvgIpc) is 2.84. The monoisotopic (exact) mass is 275 g/mol. The van der Waals surface area contributed by atoms with Gasteiger partial charge in [0.15, 0.2) is 5.78 Å². The van der Waals surface area contributed by atoms with E-state index in [1.165, 1.54) is 0 Å². The Morgan fingerprint density at radius 3 is 2.80 bits per heavy atom. The van der Waals surface area contributed by atoms with Crippen LogP contribution in [0.15, 0.2) is 18.2 Å². The predicted octanol–water partition coefficient (Wildman–Crippen LogP) is 1.91. The fourth-order valence-corrected chi connectivity index (χ4v) is 3.07. The van der Waals surface area contributed by atoms with Crippen LogP contribution in [0.3, 0.4) is 0 Å². The number of morpholine rings is 1. The fourth-order valence-electron chi connectivity index (χ4n) is 3.07. The lowest BCUT2D eigenvalue weighted by Crippen LogP contribution is -2.47. The molecule has 0 aliphatic carbocycles. The van der Waals surface area contributed by atoms with Crippen LogP contribution in [0.1, 0.15) is 29.8 Å². The van der Waals surface area contributed by atoms with E-state index in [4.69, 9.17) is 9.47 Å². The summed E-state index contributed by atoms with van der Waals surface area (Å²) in [5.41, 5.74) is 1.95. The van der Waals surface area contributed by atoms with Gasteiger partial charge in [-0.05, 0) is 37.6 Å². The van der Waals surface area contributed by atoms with Crippen LogP contribution >= 0.6 is 0 Å². The van der Waals surface area contributed by atoms with Crippen LogP contribution in [0.2, 0.25) is 0 Å². The fraction of sp³-hybridized carbons (Fsp3) is 0.562. The van der Waals surface area contributed by atoms with Gasteiger partial charge in [0.2, 0.25) is 0 Å². The molecule has 1 fully saturated rings. The number of carbonyl (C=O) groups is 1. The summed E-state index contributed by atoms with van der Waals surface area (Å²) in [5.74, 6) is 1.11. The van der Waals surface area contributed by atoms with E-state index in [0.717, 1.165) is 43.0 Å². The van der Waals surface area contributed by atoms with Gasteiger partial charge >= 0.3 is 0 Å². The molecular formula is C16H21NO3. The number of rotatable bonds is 3. The van der Waals surface area contributed by atoms with Gasteiger partial charge in [0.05, 0.1) is 25.4 Å². The maximum absolute atomic E-state index is 12.4. The molecular weight excluding hydrogens is 254 g/mol. The van der Waals surface area contributed by atoms with E-state index in [0.29, 0.717) is 6.54 Å². The zero-order valence-electron chi connectivity index (χ0n) is 12.1. The lowest BCUT2D eigenvalue weighted by atomic mass is 10.0. The number of fused-ring (bicyclic) bond motifs is 1. The molecule has 0 spiro atoms. The third-order valence-electron chi connectivity index (χ3n) is 3.87. The number of hydrogen-bond acceptors (Lipinski definition) is 4. The molecule has 0 N–H and O–H groups in total. The van der Waals surface area contributed by atoms with Gasteiger partial charge in [-0.25, -0.2) is 0 Å². The smallest absolute Gasteiger partial charge is 0.176 e. The number of nitrogens with zero attached hydrogens (tertiary/aromatic N) is 1. The maximum Gasteiger partial charge on any atom is 0.176 e. The van der Waals surface area contributed by atoms with Crippen molar-refractivity contribution >= 4 is 5.78 Å². The zero-order valence-corrected chi connectivity index (χ0v) is 12.1. The molecule has 108 valence electrons. The second kappa shape index (κ2) is 5.54. The van der Waals surface area contributed by atoms with Gasteiger partial charge in [0.25, 0.3) is 0 Å². The van der Waals surface area contributed by atoms with Crippen molar-refractivity contribution < 1.29 is 14.3 Å². The molecule has 0 saturated carbocycles. The first-order valence-electron chi connectivity index (χ1n) is 7.28. The second-order valence-electron chi connectivity index (χ2n) is 5.80. The largest absolute Gasteiger partial charge is 0.493 e. The first kappa shape index (κ1) is 13.6. The van der Waals surface area contributed by atoms with Crippen molar-refractivity contribution in [3.05, 3.63) is 29.3 Å². The Bertz CT molecular complexity index is 504. The summed E-state index contributed by atoms with van der Waals surface area (Å²) in [6, 6.07) is 5.78. The van der Waals surface area contributed by atoms with Crippen molar-refractivity contribution in [2.24, 2.45) is 0 Å². The third kappa shape index (κ3) is 2.86. The Labute approximate surface area is 119 Å². The number of Topliss-reactive ketones (excluding diaryl/α,β-unsaturated/α-hetero) is 1. The van der Waals surface area contributed by atoms with Crippen LogP contribution in [0.4, 0.5) is 0 Å². The predicted molar refractivity (Wildman–Crippen MR) is 76.4 cm³/mol. The Kier molecular flexibility index (Phi) is 3.76. The summed E-state index contributed by atoms with van der Waals surface area (Å²) in [6.07, 6.45) is 1.29. The molecule has 0 radical (unpaired) electrons. The van der Waals surface area contributed by atoms with Crippen molar-refractivity contribution in [2.45, 2.75) is 32.5 Å². The van der Waals surface area contributed by atoms with E-state index in [-0.39, 0.29) is 18.0 Å². The SMILES string of the molecule is CC1CN(CC(=O)c2ccc3c(c2)CCO3)CC(C)O1. The summed E-state index contributed by atoms with van der Waals surface area (Å²) in [7, 11) is 0. The lowest BCUT2D eigenvalue weighted by Gasteiger charge is -2.34. The standard InChI is InChI=1S/C16H21NO3/c1-11-8-17(9-12(2)20-11)10-15(18)13-3-4-16-14(7-13)5-6-19-16/h3-4,7,11-12H,5-6,8-10H2,1-2H3. The molecule has 2 heterocycles. The molecule has 3 rings (SSSR count). The van der Waals surface area contributed by atoms with E-state index >= 15 is 0 Å². The Hall–Kier alpha value is -1.39.